The molecule has 2 saturated heterocycles. The van der Waals surface area contributed by atoms with Gasteiger partial charge in [-0.15, -0.1) is 0 Å². The van der Waals surface area contributed by atoms with Crippen molar-refractivity contribution in [2.75, 3.05) is 24.5 Å². The van der Waals surface area contributed by atoms with Crippen LogP contribution in [0.4, 0.5) is 10.2 Å². The minimum absolute atomic E-state index is 0.134. The van der Waals surface area contributed by atoms with Gasteiger partial charge in [-0.05, 0) is 50.7 Å². The van der Waals surface area contributed by atoms with Gasteiger partial charge in [0.05, 0.1) is 17.9 Å². The van der Waals surface area contributed by atoms with Gasteiger partial charge in [-0.2, -0.15) is 5.10 Å². The monoisotopic (exact) mass is 422 g/mol. The van der Waals surface area contributed by atoms with E-state index in [2.05, 4.69) is 23.7 Å². The number of fused-ring (bicyclic) bond motifs is 1. The number of rotatable bonds is 3. The summed E-state index contributed by atoms with van der Waals surface area (Å²) in [4.78, 5) is 26.2. The highest BCUT2D eigenvalue weighted by Gasteiger charge is 2.31. The van der Waals surface area contributed by atoms with Crippen LogP contribution in [0.25, 0.3) is 5.65 Å². The molecular weight excluding hydrogens is 395 g/mol. The van der Waals surface area contributed by atoms with Crippen LogP contribution < -0.4 is 4.90 Å². The maximum atomic E-state index is 13.2. The van der Waals surface area contributed by atoms with Crippen molar-refractivity contribution in [2.45, 2.75) is 45.6 Å². The molecule has 5 heterocycles. The molecule has 0 radical (unpaired) electrons. The molecule has 3 aromatic heterocycles. The van der Waals surface area contributed by atoms with E-state index in [0.717, 1.165) is 61.3 Å². The SMILES string of the molecule is Cc1cn2nc([C@@H]3CCCCN3C(=O)c3ccc(F)cn3)cc2nc1N1CC[C@H](C)C1. The number of hydrogen-bond acceptors (Lipinski definition) is 5. The minimum Gasteiger partial charge on any atom is -0.356 e. The third-order valence-electron chi connectivity index (χ3n) is 6.40. The highest BCUT2D eigenvalue weighted by Crippen LogP contribution is 2.32. The summed E-state index contributed by atoms with van der Waals surface area (Å²) in [6.07, 6.45) is 7.11. The number of amides is 1. The van der Waals surface area contributed by atoms with Gasteiger partial charge in [0.2, 0.25) is 0 Å². The molecule has 0 bridgehead atoms. The number of likely N-dealkylation sites (tertiary alicyclic amines) is 1. The Kier molecular flexibility index (Phi) is 5.08. The third-order valence-corrected chi connectivity index (χ3v) is 6.40. The fourth-order valence-corrected chi connectivity index (χ4v) is 4.76. The van der Waals surface area contributed by atoms with Crippen molar-refractivity contribution in [3.05, 3.63) is 53.4 Å². The molecule has 2 aliphatic rings. The van der Waals surface area contributed by atoms with Gasteiger partial charge in [-0.1, -0.05) is 6.92 Å². The van der Waals surface area contributed by atoms with Gasteiger partial charge in [0.15, 0.2) is 5.65 Å². The van der Waals surface area contributed by atoms with E-state index in [-0.39, 0.29) is 17.6 Å². The van der Waals surface area contributed by atoms with Gasteiger partial charge in [0.25, 0.3) is 5.91 Å². The molecule has 31 heavy (non-hydrogen) atoms. The summed E-state index contributed by atoms with van der Waals surface area (Å²) in [7, 11) is 0. The van der Waals surface area contributed by atoms with Crippen LogP contribution in [0.5, 0.6) is 0 Å². The third kappa shape index (κ3) is 3.75. The Balaban J connectivity index is 1.46. The average Bonchev–Trinajstić information content (AvgIpc) is 3.39. The number of aromatic nitrogens is 4. The molecule has 162 valence electrons. The van der Waals surface area contributed by atoms with Crippen molar-refractivity contribution in [1.29, 1.82) is 0 Å². The maximum Gasteiger partial charge on any atom is 0.273 e. The summed E-state index contributed by atoms with van der Waals surface area (Å²) in [6.45, 7) is 7.04. The standard InChI is InChI=1S/C23H27FN6O/c1-15-8-10-28(13-15)22-16(2)14-30-21(26-22)11-19(27-30)20-5-3-4-9-29(20)23(31)18-7-6-17(24)12-25-18/h6-7,11-12,14-15,20H,3-5,8-10,13H2,1-2H3/t15-,20-/m0/s1. The van der Waals surface area contributed by atoms with E-state index < -0.39 is 5.82 Å². The molecular formula is C23H27FN6O. The fourth-order valence-electron chi connectivity index (χ4n) is 4.76. The molecule has 0 unspecified atom stereocenters. The van der Waals surface area contributed by atoms with Crippen molar-refractivity contribution in [3.63, 3.8) is 0 Å². The van der Waals surface area contributed by atoms with Crippen molar-refractivity contribution in [2.24, 2.45) is 5.92 Å². The molecule has 7 nitrogen and oxygen atoms in total. The number of hydrogen-bond donors (Lipinski definition) is 0. The molecule has 0 saturated carbocycles. The van der Waals surface area contributed by atoms with Crippen LogP contribution in [0.1, 0.15) is 60.4 Å². The number of piperidine rings is 1. The number of halogens is 1. The Morgan fingerprint density at radius 2 is 2.06 bits per heavy atom. The van der Waals surface area contributed by atoms with Crippen LogP contribution in [0.15, 0.2) is 30.6 Å². The zero-order valence-electron chi connectivity index (χ0n) is 18.0. The number of carbonyl (C=O) groups is 1. The highest BCUT2D eigenvalue weighted by atomic mass is 19.1. The van der Waals surface area contributed by atoms with E-state index >= 15 is 0 Å². The first-order valence-electron chi connectivity index (χ1n) is 11.0. The lowest BCUT2D eigenvalue weighted by molar-refractivity contribution is 0.0599. The first kappa shape index (κ1) is 19.9. The number of pyridine rings is 1. The molecule has 3 aromatic rings. The molecule has 2 fully saturated rings. The van der Waals surface area contributed by atoms with Crippen LogP contribution in [0.2, 0.25) is 0 Å². The predicted molar refractivity (Wildman–Crippen MR) is 116 cm³/mol. The Hall–Kier alpha value is -3.03. The van der Waals surface area contributed by atoms with E-state index in [0.29, 0.717) is 12.5 Å². The lowest BCUT2D eigenvalue weighted by Gasteiger charge is -2.34. The minimum atomic E-state index is -0.447. The van der Waals surface area contributed by atoms with Gasteiger partial charge < -0.3 is 9.80 Å². The molecule has 0 N–H and O–H groups in total. The van der Waals surface area contributed by atoms with Crippen LogP contribution in [0, 0.1) is 18.7 Å². The number of nitrogens with zero attached hydrogens (tertiary/aromatic N) is 6. The van der Waals surface area contributed by atoms with Gasteiger partial charge in [0.1, 0.15) is 17.3 Å². The van der Waals surface area contributed by atoms with Crippen molar-refractivity contribution >= 4 is 17.4 Å². The quantitative estimate of drug-likeness (QED) is 0.643. The summed E-state index contributed by atoms with van der Waals surface area (Å²) < 4.78 is 15.1. The second-order valence-electron chi connectivity index (χ2n) is 8.83. The van der Waals surface area contributed by atoms with Crippen LogP contribution >= 0.6 is 0 Å². The van der Waals surface area contributed by atoms with Gasteiger partial charge in [0, 0.05) is 37.5 Å². The molecule has 1 amide bonds. The van der Waals surface area contributed by atoms with Crippen LogP contribution in [0.3, 0.4) is 0 Å². The first-order chi connectivity index (χ1) is 15.0. The van der Waals surface area contributed by atoms with E-state index in [9.17, 15) is 9.18 Å². The molecule has 8 heteroatoms. The van der Waals surface area contributed by atoms with Crippen LogP contribution in [-0.4, -0.2) is 50.0 Å². The largest absolute Gasteiger partial charge is 0.356 e. The second-order valence-corrected chi connectivity index (χ2v) is 8.83. The molecule has 0 aliphatic carbocycles. The average molecular weight is 423 g/mol. The van der Waals surface area contributed by atoms with Crippen molar-refractivity contribution in [3.8, 4) is 0 Å². The van der Waals surface area contributed by atoms with Gasteiger partial charge in [-0.25, -0.2) is 18.9 Å². The summed E-state index contributed by atoms with van der Waals surface area (Å²) >= 11 is 0. The summed E-state index contributed by atoms with van der Waals surface area (Å²) in [5.41, 5.74) is 3.00. The highest BCUT2D eigenvalue weighted by molar-refractivity contribution is 5.92. The Morgan fingerprint density at radius 3 is 2.81 bits per heavy atom. The molecule has 0 spiro atoms. The summed E-state index contributed by atoms with van der Waals surface area (Å²) in [5.74, 6) is 1.07. The molecule has 2 aliphatic heterocycles. The predicted octanol–water partition coefficient (Wildman–Crippen LogP) is 3.79. The van der Waals surface area contributed by atoms with Crippen molar-refractivity contribution in [1.82, 2.24) is 24.5 Å². The zero-order valence-corrected chi connectivity index (χ0v) is 18.0. The number of aryl methyl sites for hydroxylation is 1. The van der Waals surface area contributed by atoms with Crippen LogP contribution in [-0.2, 0) is 0 Å². The zero-order chi connectivity index (χ0) is 21.5. The van der Waals surface area contributed by atoms with E-state index in [1.807, 2.05) is 21.7 Å². The van der Waals surface area contributed by atoms with Gasteiger partial charge in [-0.3, -0.25) is 4.79 Å². The lowest BCUT2D eigenvalue weighted by atomic mass is 9.99. The summed E-state index contributed by atoms with van der Waals surface area (Å²) in [6, 6.07) is 4.58. The number of carbonyl (C=O) groups excluding carboxylic acids is 1. The Morgan fingerprint density at radius 1 is 1.19 bits per heavy atom. The van der Waals surface area contributed by atoms with E-state index in [1.165, 1.54) is 18.6 Å². The lowest BCUT2D eigenvalue weighted by Crippen LogP contribution is -2.39. The topological polar surface area (TPSA) is 66.6 Å². The first-order valence-corrected chi connectivity index (χ1v) is 11.0. The van der Waals surface area contributed by atoms with E-state index in [4.69, 9.17) is 10.1 Å². The van der Waals surface area contributed by atoms with E-state index in [1.54, 1.807) is 0 Å². The molecule has 2 atom stereocenters. The second kappa shape index (κ2) is 7.90. The molecule has 0 aromatic carbocycles. The number of anilines is 1. The van der Waals surface area contributed by atoms with Gasteiger partial charge >= 0.3 is 0 Å². The Bertz CT molecular complexity index is 1110. The smallest absolute Gasteiger partial charge is 0.273 e. The normalized spacial score (nSPS) is 21.8. The molecule has 5 rings (SSSR count). The Labute approximate surface area is 180 Å². The fraction of sp³-hybridized carbons (Fsp3) is 0.478. The summed E-state index contributed by atoms with van der Waals surface area (Å²) in [5, 5.41) is 4.78. The van der Waals surface area contributed by atoms with Crippen molar-refractivity contribution < 1.29 is 9.18 Å². The maximum absolute atomic E-state index is 13.2.